The molecule has 0 radical (unpaired) electrons. The molecule has 1 heterocycles. The number of nitrogens with one attached hydrogen (secondary N) is 1. The number of piperidine rings is 1. The molecule has 1 aliphatic heterocycles. The highest BCUT2D eigenvalue weighted by Crippen LogP contribution is 2.34. The first kappa shape index (κ1) is 20.6. The Labute approximate surface area is 167 Å². The fourth-order valence-electron chi connectivity index (χ4n) is 3.85. The molecule has 2 aromatic carbocycles. The number of hydrogen-bond acceptors (Lipinski definition) is 4. The molecule has 0 saturated carbocycles. The quantitative estimate of drug-likeness (QED) is 0.750. The molecule has 0 amide bonds. The summed E-state index contributed by atoms with van der Waals surface area (Å²) < 4.78 is 30.6. The van der Waals surface area contributed by atoms with E-state index >= 15 is 0 Å². The minimum absolute atomic E-state index is 0.171. The molecular weight excluding hydrogens is 374 g/mol. The first-order valence-corrected chi connectivity index (χ1v) is 11.2. The fourth-order valence-corrected chi connectivity index (χ4v) is 5.84. The van der Waals surface area contributed by atoms with Crippen LogP contribution in [0.4, 0.5) is 0 Å². The van der Waals surface area contributed by atoms with Crippen molar-refractivity contribution >= 4 is 15.8 Å². The topological polar surface area (TPSA) is 64.9 Å². The van der Waals surface area contributed by atoms with Gasteiger partial charge >= 0.3 is 5.97 Å². The van der Waals surface area contributed by atoms with Crippen molar-refractivity contribution in [2.45, 2.75) is 42.9 Å². The molecular formula is C22H28NO4S+. The van der Waals surface area contributed by atoms with Gasteiger partial charge in [-0.3, -0.25) is 4.79 Å². The van der Waals surface area contributed by atoms with E-state index in [1.165, 1.54) is 16.0 Å². The molecule has 1 aliphatic rings. The molecule has 5 nitrogen and oxygen atoms in total. The highest BCUT2D eigenvalue weighted by atomic mass is 32.2. The van der Waals surface area contributed by atoms with Gasteiger partial charge in [-0.05, 0) is 26.0 Å². The number of sulfone groups is 1. The van der Waals surface area contributed by atoms with Gasteiger partial charge in [-0.25, -0.2) is 8.42 Å². The van der Waals surface area contributed by atoms with Crippen LogP contribution in [0.15, 0.2) is 59.5 Å². The van der Waals surface area contributed by atoms with Gasteiger partial charge in [0.2, 0.25) is 0 Å². The third kappa shape index (κ3) is 3.98. The average molecular weight is 403 g/mol. The van der Waals surface area contributed by atoms with Gasteiger partial charge < -0.3 is 9.64 Å². The Hall–Kier alpha value is -2.18. The molecule has 1 fully saturated rings. The van der Waals surface area contributed by atoms with Gasteiger partial charge in [0.05, 0.1) is 24.6 Å². The molecule has 150 valence electrons. The third-order valence-electron chi connectivity index (χ3n) is 5.55. The Bertz CT molecular complexity index is 899. The molecule has 28 heavy (non-hydrogen) atoms. The zero-order chi connectivity index (χ0) is 20.2. The summed E-state index contributed by atoms with van der Waals surface area (Å²) in [6.07, 6.45) is 0.536. The maximum atomic E-state index is 13.4. The second kappa shape index (κ2) is 8.45. The van der Waals surface area contributed by atoms with Crippen LogP contribution in [0.2, 0.25) is 0 Å². The maximum Gasteiger partial charge on any atom is 0.328 e. The van der Waals surface area contributed by atoms with E-state index < -0.39 is 20.6 Å². The van der Waals surface area contributed by atoms with Crippen molar-refractivity contribution in [3.63, 3.8) is 0 Å². The highest BCUT2D eigenvalue weighted by molar-refractivity contribution is 7.93. The predicted molar refractivity (Wildman–Crippen MR) is 108 cm³/mol. The molecule has 1 saturated heterocycles. The van der Waals surface area contributed by atoms with Gasteiger partial charge in [0.1, 0.15) is 6.54 Å². The summed E-state index contributed by atoms with van der Waals surface area (Å²) >= 11 is 0. The van der Waals surface area contributed by atoms with Crippen LogP contribution in [0.5, 0.6) is 0 Å². The van der Waals surface area contributed by atoms with Crippen molar-refractivity contribution in [1.82, 2.24) is 0 Å². The molecule has 3 rings (SSSR count). The summed E-state index contributed by atoms with van der Waals surface area (Å²) in [5.41, 5.74) is 2.43. The van der Waals surface area contributed by atoms with Crippen LogP contribution >= 0.6 is 0 Å². The van der Waals surface area contributed by atoms with Gasteiger partial charge in [-0.1, -0.05) is 48.0 Å². The fraction of sp³-hybridized carbons (Fsp3) is 0.409. The zero-order valence-corrected chi connectivity index (χ0v) is 17.3. The average Bonchev–Trinajstić information content (AvgIpc) is 2.71. The molecule has 0 aromatic heterocycles. The van der Waals surface area contributed by atoms with E-state index in [1.807, 2.05) is 0 Å². The van der Waals surface area contributed by atoms with Crippen molar-refractivity contribution in [1.29, 1.82) is 0 Å². The van der Waals surface area contributed by atoms with Crippen LogP contribution in [-0.2, 0) is 25.9 Å². The maximum absolute atomic E-state index is 13.4. The lowest BCUT2D eigenvalue weighted by Gasteiger charge is -2.37. The van der Waals surface area contributed by atoms with Crippen LogP contribution in [-0.4, -0.2) is 38.8 Å². The monoisotopic (exact) mass is 402 g/mol. The Morgan fingerprint density at radius 2 is 1.64 bits per heavy atom. The number of aryl methyl sites for hydroxylation is 1. The third-order valence-corrected chi connectivity index (χ3v) is 8.05. The number of rotatable bonds is 6. The van der Waals surface area contributed by atoms with E-state index in [2.05, 4.69) is 31.2 Å². The number of ether oxygens (including phenoxy) is 1. The van der Waals surface area contributed by atoms with Crippen LogP contribution < -0.4 is 4.90 Å². The number of carbonyl (C=O) groups excluding carboxylic acids is 1. The Morgan fingerprint density at radius 3 is 2.21 bits per heavy atom. The molecule has 2 aromatic rings. The Kier molecular flexibility index (Phi) is 6.20. The van der Waals surface area contributed by atoms with E-state index in [0.29, 0.717) is 13.1 Å². The van der Waals surface area contributed by atoms with Gasteiger partial charge in [0, 0.05) is 18.4 Å². The van der Waals surface area contributed by atoms with E-state index in [0.717, 1.165) is 6.54 Å². The summed E-state index contributed by atoms with van der Waals surface area (Å²) in [6, 6.07) is 16.6. The van der Waals surface area contributed by atoms with E-state index in [1.54, 1.807) is 37.3 Å². The smallest absolute Gasteiger partial charge is 0.328 e. The van der Waals surface area contributed by atoms with Crippen molar-refractivity contribution in [3.8, 4) is 0 Å². The first-order chi connectivity index (χ1) is 13.4. The van der Waals surface area contributed by atoms with E-state index in [-0.39, 0.29) is 24.3 Å². The van der Waals surface area contributed by atoms with Crippen molar-refractivity contribution in [2.75, 3.05) is 19.7 Å². The SMILES string of the molecule is CCOC(=O)C1(S(=O)(=O)c2ccccc2)CC[NH+](Cc2ccc(C)cc2)CC1. The molecule has 1 N–H and O–H groups in total. The second-order valence-corrected chi connectivity index (χ2v) is 9.70. The summed E-state index contributed by atoms with van der Waals surface area (Å²) in [4.78, 5) is 14.3. The van der Waals surface area contributed by atoms with Crippen molar-refractivity contribution < 1.29 is 22.8 Å². The molecule has 6 heteroatoms. The standard InChI is InChI=1S/C22H27NO4S/c1-3-27-21(24)22(28(25,26)20-7-5-4-6-8-20)13-15-23(16-14-22)17-19-11-9-18(2)10-12-19/h4-12H,3,13-17H2,1-2H3/p+1. The van der Waals surface area contributed by atoms with Crippen LogP contribution in [0.1, 0.15) is 30.9 Å². The number of carbonyl (C=O) groups is 1. The first-order valence-electron chi connectivity index (χ1n) is 9.75. The highest BCUT2D eigenvalue weighted by Gasteiger charge is 2.55. The number of likely N-dealkylation sites (tertiary alicyclic amines) is 1. The summed E-state index contributed by atoms with van der Waals surface area (Å²) in [6.45, 7) is 5.98. The Balaban J connectivity index is 1.83. The van der Waals surface area contributed by atoms with Gasteiger partial charge in [0.25, 0.3) is 0 Å². The number of benzene rings is 2. The minimum Gasteiger partial charge on any atom is -0.465 e. The van der Waals surface area contributed by atoms with Gasteiger partial charge in [-0.15, -0.1) is 0 Å². The van der Waals surface area contributed by atoms with Crippen molar-refractivity contribution in [2.24, 2.45) is 0 Å². The predicted octanol–water partition coefficient (Wildman–Crippen LogP) is 1.95. The molecule has 0 unspecified atom stereocenters. The lowest BCUT2D eigenvalue weighted by Crippen LogP contribution is -3.12. The van der Waals surface area contributed by atoms with Crippen LogP contribution in [0, 0.1) is 6.92 Å². The van der Waals surface area contributed by atoms with Gasteiger partial charge in [-0.2, -0.15) is 0 Å². The lowest BCUT2D eigenvalue weighted by atomic mass is 9.95. The molecule has 0 atom stereocenters. The zero-order valence-electron chi connectivity index (χ0n) is 16.5. The van der Waals surface area contributed by atoms with Crippen molar-refractivity contribution in [3.05, 3.63) is 65.7 Å². The molecule has 0 bridgehead atoms. The normalized spacial score (nSPS) is 22.6. The Morgan fingerprint density at radius 1 is 1.04 bits per heavy atom. The molecule has 0 aliphatic carbocycles. The number of quaternary nitrogens is 1. The van der Waals surface area contributed by atoms with E-state index in [4.69, 9.17) is 4.74 Å². The summed E-state index contributed by atoms with van der Waals surface area (Å²) in [5.74, 6) is -0.617. The summed E-state index contributed by atoms with van der Waals surface area (Å²) in [5, 5.41) is 0. The molecule has 0 spiro atoms. The lowest BCUT2D eigenvalue weighted by molar-refractivity contribution is -0.918. The minimum atomic E-state index is -3.83. The van der Waals surface area contributed by atoms with Crippen LogP contribution in [0.25, 0.3) is 0 Å². The van der Waals surface area contributed by atoms with E-state index in [9.17, 15) is 13.2 Å². The largest absolute Gasteiger partial charge is 0.465 e. The second-order valence-electron chi connectivity index (χ2n) is 7.44. The van der Waals surface area contributed by atoms with Crippen LogP contribution in [0.3, 0.4) is 0 Å². The summed E-state index contributed by atoms with van der Waals surface area (Å²) in [7, 11) is -3.83. The number of hydrogen-bond donors (Lipinski definition) is 1. The number of esters is 1. The van der Waals surface area contributed by atoms with Gasteiger partial charge in [0.15, 0.2) is 14.6 Å².